The highest BCUT2D eigenvalue weighted by molar-refractivity contribution is 5.98. The van der Waals surface area contributed by atoms with Crippen LogP contribution in [0.1, 0.15) is 57.4 Å². The summed E-state index contributed by atoms with van der Waals surface area (Å²) in [6.45, 7) is 2.49. The van der Waals surface area contributed by atoms with E-state index in [9.17, 15) is 18.0 Å². The number of halogens is 3. The number of carbonyl (C=O) groups is 1. The second-order valence-electron chi connectivity index (χ2n) is 7.04. The molecule has 0 aromatic heterocycles. The predicted octanol–water partition coefficient (Wildman–Crippen LogP) is 5.57. The monoisotopic (exact) mass is 423 g/mol. The van der Waals surface area contributed by atoms with Gasteiger partial charge in [0, 0.05) is 13.0 Å². The van der Waals surface area contributed by atoms with E-state index in [0.717, 1.165) is 44.9 Å². The maximum atomic E-state index is 13.2. The van der Waals surface area contributed by atoms with E-state index >= 15 is 0 Å². The Morgan fingerprint density at radius 3 is 2.77 bits per heavy atom. The molecule has 1 fully saturated rings. The topological polar surface area (TPSA) is 38.8 Å². The van der Waals surface area contributed by atoms with E-state index in [0.29, 0.717) is 11.5 Å². The van der Waals surface area contributed by atoms with Crippen LogP contribution in [0.5, 0.6) is 0 Å². The van der Waals surface area contributed by atoms with Gasteiger partial charge in [0.15, 0.2) is 0 Å². The van der Waals surface area contributed by atoms with Gasteiger partial charge in [-0.05, 0) is 43.7 Å². The fraction of sp³-hybridized carbons (Fsp3) is 0.522. The van der Waals surface area contributed by atoms with Crippen LogP contribution in [0.25, 0.3) is 0 Å². The Morgan fingerprint density at radius 2 is 2.07 bits per heavy atom. The second kappa shape index (κ2) is 12.3. The van der Waals surface area contributed by atoms with E-state index in [-0.39, 0.29) is 17.8 Å². The number of hydrogen-bond acceptors (Lipinski definition) is 3. The molecule has 164 valence electrons. The minimum atomic E-state index is -4.98. The first-order valence-corrected chi connectivity index (χ1v) is 10.3. The highest BCUT2D eigenvalue weighted by atomic mass is 19.4. The number of para-hydroxylation sites is 1. The Kier molecular flexibility index (Phi) is 9.75. The molecule has 30 heavy (non-hydrogen) atoms. The summed E-state index contributed by atoms with van der Waals surface area (Å²) < 4.78 is 50.4. The van der Waals surface area contributed by atoms with Gasteiger partial charge in [0.25, 0.3) is 0 Å². The minimum absolute atomic E-state index is 0.0960. The zero-order valence-corrected chi connectivity index (χ0v) is 17.2. The standard InChI is InChI=1S/C23H28F3NO3/c1-2-3-4-5-6-10-16-27(22(28)23(24,25)26)20-13-8-7-12-19(20)15-18-30-21-14-9-11-17-29-21/h6-8,10,12-13,21H,2-5,9,11,14,16-17H2,1H3/b10-6+. The SMILES string of the molecule is CCCCC/C=C/CN(C(=O)C(F)(F)F)c1ccccc1C#COC1CCCCO1. The van der Waals surface area contributed by atoms with Crippen molar-refractivity contribution in [1.82, 2.24) is 0 Å². The number of nitrogens with zero attached hydrogens (tertiary/aromatic N) is 1. The summed E-state index contributed by atoms with van der Waals surface area (Å²) in [5.74, 6) is 0.804. The molecule has 1 aliphatic heterocycles. The van der Waals surface area contributed by atoms with Gasteiger partial charge < -0.3 is 9.47 Å². The van der Waals surface area contributed by atoms with Gasteiger partial charge in [-0.1, -0.05) is 44.1 Å². The molecular formula is C23H28F3NO3. The predicted molar refractivity (Wildman–Crippen MR) is 110 cm³/mol. The lowest BCUT2D eigenvalue weighted by Crippen LogP contribution is -2.41. The Morgan fingerprint density at radius 1 is 1.27 bits per heavy atom. The average Bonchev–Trinajstić information content (AvgIpc) is 2.74. The van der Waals surface area contributed by atoms with Gasteiger partial charge in [-0.2, -0.15) is 13.2 Å². The summed E-state index contributed by atoms with van der Waals surface area (Å²) in [7, 11) is 0. The van der Waals surface area contributed by atoms with E-state index in [1.54, 1.807) is 24.3 Å². The molecule has 0 spiro atoms. The van der Waals surface area contributed by atoms with Gasteiger partial charge in [0.05, 0.1) is 17.9 Å². The van der Waals surface area contributed by atoms with Gasteiger partial charge in [-0.15, -0.1) is 0 Å². The smallest absolute Gasteiger partial charge is 0.414 e. The average molecular weight is 423 g/mol. The summed E-state index contributed by atoms with van der Waals surface area (Å²) in [5, 5.41) is 0. The van der Waals surface area contributed by atoms with Crippen molar-refractivity contribution < 1.29 is 27.4 Å². The number of amides is 1. The van der Waals surface area contributed by atoms with Crippen LogP contribution in [0.4, 0.5) is 18.9 Å². The molecule has 0 N–H and O–H groups in total. The highest BCUT2D eigenvalue weighted by Gasteiger charge is 2.43. The van der Waals surface area contributed by atoms with E-state index in [4.69, 9.17) is 9.47 Å². The van der Waals surface area contributed by atoms with E-state index in [2.05, 4.69) is 19.0 Å². The van der Waals surface area contributed by atoms with Crippen molar-refractivity contribution in [3.05, 3.63) is 42.0 Å². The van der Waals surface area contributed by atoms with Crippen molar-refractivity contribution >= 4 is 11.6 Å². The molecule has 1 aromatic rings. The van der Waals surface area contributed by atoms with Crippen molar-refractivity contribution in [2.75, 3.05) is 18.1 Å². The van der Waals surface area contributed by atoms with Crippen LogP contribution in [0.2, 0.25) is 0 Å². The molecule has 1 atom stereocenters. The zero-order chi connectivity index (χ0) is 21.8. The van der Waals surface area contributed by atoms with E-state index in [1.165, 1.54) is 6.07 Å². The Labute approximate surface area is 176 Å². The number of hydrogen-bond donors (Lipinski definition) is 0. The molecule has 1 amide bonds. The maximum Gasteiger partial charge on any atom is 0.471 e. The first-order valence-electron chi connectivity index (χ1n) is 10.3. The van der Waals surface area contributed by atoms with Crippen molar-refractivity contribution in [1.29, 1.82) is 0 Å². The number of alkyl halides is 3. The van der Waals surface area contributed by atoms with Gasteiger partial charge in [0.1, 0.15) is 6.11 Å². The Hall–Kier alpha value is -2.46. The third kappa shape index (κ3) is 7.75. The lowest BCUT2D eigenvalue weighted by atomic mass is 10.1. The number of ether oxygens (including phenoxy) is 2. The van der Waals surface area contributed by atoms with Crippen LogP contribution in [-0.4, -0.2) is 31.5 Å². The summed E-state index contributed by atoms with van der Waals surface area (Å²) in [5.41, 5.74) is 0.379. The maximum absolute atomic E-state index is 13.2. The van der Waals surface area contributed by atoms with Gasteiger partial charge in [-0.25, -0.2) is 0 Å². The Bertz CT molecular complexity index is 759. The van der Waals surface area contributed by atoms with Gasteiger partial charge in [0.2, 0.25) is 6.29 Å². The van der Waals surface area contributed by atoms with Crippen LogP contribution in [-0.2, 0) is 14.3 Å². The molecule has 2 rings (SSSR count). The number of benzene rings is 1. The van der Waals surface area contributed by atoms with Gasteiger partial charge >= 0.3 is 12.1 Å². The molecule has 1 heterocycles. The van der Waals surface area contributed by atoms with Crippen molar-refractivity contribution in [2.45, 2.75) is 64.3 Å². The van der Waals surface area contributed by atoms with E-state index in [1.807, 2.05) is 6.08 Å². The number of anilines is 1. The molecule has 1 aromatic carbocycles. The molecule has 1 aliphatic rings. The molecule has 4 nitrogen and oxygen atoms in total. The minimum Gasteiger partial charge on any atom is -0.414 e. The van der Waals surface area contributed by atoms with Gasteiger partial charge in [-0.3, -0.25) is 9.69 Å². The first kappa shape index (κ1) is 23.8. The molecule has 0 aliphatic carbocycles. The fourth-order valence-electron chi connectivity index (χ4n) is 3.02. The van der Waals surface area contributed by atoms with Crippen molar-refractivity contribution in [2.24, 2.45) is 0 Å². The van der Waals surface area contributed by atoms with E-state index < -0.39 is 18.4 Å². The first-order chi connectivity index (χ1) is 14.4. The number of unbranched alkanes of at least 4 members (excludes halogenated alkanes) is 3. The largest absolute Gasteiger partial charge is 0.471 e. The third-order valence-corrected chi connectivity index (χ3v) is 4.63. The number of rotatable bonds is 8. The molecule has 7 heteroatoms. The van der Waals surface area contributed by atoms with Crippen LogP contribution >= 0.6 is 0 Å². The van der Waals surface area contributed by atoms with Crippen molar-refractivity contribution in [3.8, 4) is 12.0 Å². The lowest BCUT2D eigenvalue weighted by Gasteiger charge is -2.23. The normalized spacial score (nSPS) is 16.7. The Balaban J connectivity index is 2.17. The highest BCUT2D eigenvalue weighted by Crippen LogP contribution is 2.26. The summed E-state index contributed by atoms with van der Waals surface area (Å²) >= 11 is 0. The van der Waals surface area contributed by atoms with Crippen LogP contribution < -0.4 is 4.90 Å². The van der Waals surface area contributed by atoms with Crippen LogP contribution in [0.15, 0.2) is 36.4 Å². The molecule has 1 saturated heterocycles. The molecule has 0 radical (unpaired) electrons. The fourth-order valence-corrected chi connectivity index (χ4v) is 3.02. The van der Waals surface area contributed by atoms with Crippen LogP contribution in [0, 0.1) is 12.0 Å². The molecule has 0 saturated carbocycles. The third-order valence-electron chi connectivity index (χ3n) is 4.63. The zero-order valence-electron chi connectivity index (χ0n) is 17.2. The molecule has 1 unspecified atom stereocenters. The van der Waals surface area contributed by atoms with Crippen LogP contribution in [0.3, 0.4) is 0 Å². The number of allylic oxidation sites excluding steroid dienone is 1. The second-order valence-corrected chi connectivity index (χ2v) is 7.04. The summed E-state index contributed by atoms with van der Waals surface area (Å²) in [6.07, 6.45) is 7.01. The summed E-state index contributed by atoms with van der Waals surface area (Å²) in [6, 6.07) is 6.25. The molecular weight excluding hydrogens is 395 g/mol. The lowest BCUT2D eigenvalue weighted by molar-refractivity contribution is -0.170. The molecule has 0 bridgehead atoms. The van der Waals surface area contributed by atoms with Crippen molar-refractivity contribution in [3.63, 3.8) is 0 Å². The summed E-state index contributed by atoms with van der Waals surface area (Å²) in [4.78, 5) is 12.8. The quantitative estimate of drug-likeness (QED) is 0.312. The number of carbonyl (C=O) groups excluding carboxylic acids is 1.